The first kappa shape index (κ1) is 21.9. The minimum atomic E-state index is -0.174. The van der Waals surface area contributed by atoms with Gasteiger partial charge < -0.3 is 15.5 Å². The normalized spacial score (nSPS) is 11.0. The topological polar surface area (TPSA) is 74.3 Å². The Morgan fingerprint density at radius 1 is 1.14 bits per heavy atom. The molecule has 0 unspecified atom stereocenters. The number of para-hydroxylation sites is 1. The van der Waals surface area contributed by atoms with Crippen molar-refractivity contribution in [3.05, 3.63) is 45.4 Å². The highest BCUT2D eigenvalue weighted by atomic mass is 32.1. The average molecular weight is 403 g/mol. The van der Waals surface area contributed by atoms with Crippen LogP contribution in [0.2, 0.25) is 0 Å². The number of hydrogen-bond acceptors (Lipinski definition) is 4. The number of aromatic nitrogens is 1. The molecule has 1 heterocycles. The standard InChI is InChI=1S/C21H30N4O2S/c1-13(2)10-22-20(26)17-12-28-18(23-17)11-25(14(3)4)21(27)24-19-15(5)8-7-9-16(19)6/h7-9,12-14H,10-11H2,1-6H3,(H,22,26)(H,24,27). The number of aryl methyl sites for hydroxylation is 2. The van der Waals surface area contributed by atoms with Gasteiger partial charge in [-0.2, -0.15) is 0 Å². The molecule has 6 nitrogen and oxygen atoms in total. The van der Waals surface area contributed by atoms with Crippen molar-refractivity contribution in [2.75, 3.05) is 11.9 Å². The molecule has 2 rings (SSSR count). The van der Waals surface area contributed by atoms with Crippen LogP contribution in [-0.4, -0.2) is 34.4 Å². The number of nitrogens with one attached hydrogen (secondary N) is 2. The fourth-order valence-electron chi connectivity index (χ4n) is 2.70. The number of carbonyl (C=O) groups excluding carboxylic acids is 2. The summed E-state index contributed by atoms with van der Waals surface area (Å²) in [6.45, 7) is 12.9. The van der Waals surface area contributed by atoms with Gasteiger partial charge in [0, 0.05) is 23.7 Å². The molecule has 0 fully saturated rings. The smallest absolute Gasteiger partial charge is 0.322 e. The molecule has 0 aliphatic carbocycles. The van der Waals surface area contributed by atoms with Crippen molar-refractivity contribution in [1.29, 1.82) is 0 Å². The SMILES string of the molecule is Cc1cccc(C)c1NC(=O)N(Cc1nc(C(=O)NCC(C)C)cs1)C(C)C. The van der Waals surface area contributed by atoms with Gasteiger partial charge in [0.25, 0.3) is 5.91 Å². The van der Waals surface area contributed by atoms with Crippen molar-refractivity contribution >= 4 is 29.0 Å². The van der Waals surface area contributed by atoms with E-state index >= 15 is 0 Å². The van der Waals surface area contributed by atoms with E-state index in [1.54, 1.807) is 10.3 Å². The van der Waals surface area contributed by atoms with Crippen LogP contribution >= 0.6 is 11.3 Å². The molecule has 0 saturated carbocycles. The predicted molar refractivity (Wildman–Crippen MR) is 115 cm³/mol. The quantitative estimate of drug-likeness (QED) is 0.711. The van der Waals surface area contributed by atoms with Crippen LogP contribution in [0.15, 0.2) is 23.6 Å². The number of carbonyl (C=O) groups is 2. The molecule has 0 radical (unpaired) electrons. The van der Waals surface area contributed by atoms with E-state index in [1.165, 1.54) is 11.3 Å². The number of hydrogen-bond donors (Lipinski definition) is 2. The van der Waals surface area contributed by atoms with Crippen molar-refractivity contribution in [1.82, 2.24) is 15.2 Å². The number of anilines is 1. The van der Waals surface area contributed by atoms with Crippen molar-refractivity contribution < 1.29 is 9.59 Å². The summed E-state index contributed by atoms with van der Waals surface area (Å²) in [7, 11) is 0. The zero-order chi connectivity index (χ0) is 20.8. The van der Waals surface area contributed by atoms with Gasteiger partial charge in [0.05, 0.1) is 6.54 Å². The maximum absolute atomic E-state index is 12.9. The fourth-order valence-corrected chi connectivity index (χ4v) is 3.47. The Bertz CT molecular complexity index is 809. The Morgan fingerprint density at radius 2 is 1.79 bits per heavy atom. The van der Waals surface area contributed by atoms with E-state index in [0.717, 1.165) is 21.8 Å². The van der Waals surface area contributed by atoms with Crippen molar-refractivity contribution in [3.63, 3.8) is 0 Å². The highest BCUT2D eigenvalue weighted by molar-refractivity contribution is 7.09. The van der Waals surface area contributed by atoms with E-state index in [0.29, 0.717) is 24.7 Å². The van der Waals surface area contributed by atoms with Gasteiger partial charge in [0.15, 0.2) is 0 Å². The predicted octanol–water partition coefficient (Wildman–Crippen LogP) is 4.59. The number of benzene rings is 1. The van der Waals surface area contributed by atoms with E-state index < -0.39 is 0 Å². The summed E-state index contributed by atoms with van der Waals surface area (Å²) < 4.78 is 0. The lowest BCUT2D eigenvalue weighted by atomic mass is 10.1. The Kier molecular flexibility index (Phi) is 7.57. The third kappa shape index (κ3) is 5.79. The van der Waals surface area contributed by atoms with Gasteiger partial charge >= 0.3 is 6.03 Å². The molecule has 3 amide bonds. The molecule has 2 N–H and O–H groups in total. The molecular formula is C21H30N4O2S. The van der Waals surface area contributed by atoms with Gasteiger partial charge in [-0.3, -0.25) is 4.79 Å². The first-order chi connectivity index (χ1) is 13.2. The minimum Gasteiger partial charge on any atom is -0.350 e. The van der Waals surface area contributed by atoms with Gasteiger partial charge in [-0.15, -0.1) is 11.3 Å². The van der Waals surface area contributed by atoms with Crippen LogP contribution in [0.4, 0.5) is 10.5 Å². The second kappa shape index (κ2) is 9.68. The van der Waals surface area contributed by atoms with Gasteiger partial charge in [-0.05, 0) is 44.7 Å². The summed E-state index contributed by atoms with van der Waals surface area (Å²) in [5, 5.41) is 8.37. The summed E-state index contributed by atoms with van der Waals surface area (Å²) in [6, 6.07) is 5.75. The molecule has 0 bridgehead atoms. The first-order valence-corrected chi connectivity index (χ1v) is 10.4. The number of thiazole rings is 1. The molecule has 0 aliphatic heterocycles. The molecule has 152 valence electrons. The zero-order valence-corrected chi connectivity index (χ0v) is 18.3. The molecule has 0 saturated heterocycles. The summed E-state index contributed by atoms with van der Waals surface area (Å²) in [5.41, 5.74) is 3.29. The highest BCUT2D eigenvalue weighted by Crippen LogP contribution is 2.21. The lowest BCUT2D eigenvalue weighted by Gasteiger charge is -2.27. The van der Waals surface area contributed by atoms with E-state index in [2.05, 4.69) is 15.6 Å². The second-order valence-corrected chi connectivity index (χ2v) is 8.59. The van der Waals surface area contributed by atoms with Crippen molar-refractivity contribution in [3.8, 4) is 0 Å². The molecule has 0 atom stereocenters. The van der Waals surface area contributed by atoms with Crippen molar-refractivity contribution in [2.45, 2.75) is 54.1 Å². The van der Waals surface area contributed by atoms with Gasteiger partial charge in [-0.25, -0.2) is 9.78 Å². The van der Waals surface area contributed by atoms with Gasteiger partial charge in [0.1, 0.15) is 10.7 Å². The molecule has 2 aromatic rings. The Hall–Kier alpha value is -2.41. The van der Waals surface area contributed by atoms with Crippen LogP contribution in [-0.2, 0) is 6.54 Å². The van der Waals surface area contributed by atoms with Gasteiger partial charge in [0.2, 0.25) is 0 Å². The third-order valence-electron chi connectivity index (χ3n) is 4.36. The molecule has 7 heteroatoms. The Labute approximate surface area is 171 Å². The van der Waals surface area contributed by atoms with E-state index in [9.17, 15) is 9.59 Å². The van der Waals surface area contributed by atoms with Crippen molar-refractivity contribution in [2.24, 2.45) is 5.92 Å². The zero-order valence-electron chi connectivity index (χ0n) is 17.5. The number of nitrogens with zero attached hydrogens (tertiary/aromatic N) is 2. The molecule has 28 heavy (non-hydrogen) atoms. The fraction of sp³-hybridized carbons (Fsp3) is 0.476. The van der Waals surface area contributed by atoms with Crippen LogP contribution in [0.5, 0.6) is 0 Å². The molecular weight excluding hydrogens is 372 g/mol. The van der Waals surface area contributed by atoms with Crippen LogP contribution in [0, 0.1) is 19.8 Å². The van der Waals surface area contributed by atoms with Crippen LogP contribution in [0.25, 0.3) is 0 Å². The van der Waals surface area contributed by atoms with Crippen LogP contribution in [0.1, 0.15) is 54.3 Å². The second-order valence-electron chi connectivity index (χ2n) is 7.65. The maximum atomic E-state index is 12.9. The maximum Gasteiger partial charge on any atom is 0.322 e. The summed E-state index contributed by atoms with van der Waals surface area (Å²) in [5.74, 6) is 0.208. The number of amides is 3. The largest absolute Gasteiger partial charge is 0.350 e. The lowest BCUT2D eigenvalue weighted by Crippen LogP contribution is -2.39. The average Bonchev–Trinajstić information content (AvgIpc) is 3.09. The molecule has 0 aliphatic rings. The summed E-state index contributed by atoms with van der Waals surface area (Å²) >= 11 is 1.39. The van der Waals surface area contributed by atoms with E-state index in [4.69, 9.17) is 0 Å². The third-order valence-corrected chi connectivity index (χ3v) is 5.19. The van der Waals surface area contributed by atoms with Gasteiger partial charge in [-0.1, -0.05) is 32.0 Å². The summed E-state index contributed by atoms with van der Waals surface area (Å²) in [6.07, 6.45) is 0. The Balaban J connectivity index is 2.09. The van der Waals surface area contributed by atoms with E-state index in [1.807, 2.05) is 59.7 Å². The van der Waals surface area contributed by atoms with E-state index in [-0.39, 0.29) is 18.0 Å². The summed E-state index contributed by atoms with van der Waals surface area (Å²) in [4.78, 5) is 31.2. The Morgan fingerprint density at radius 3 is 2.36 bits per heavy atom. The number of rotatable bonds is 7. The molecule has 1 aromatic carbocycles. The molecule has 0 spiro atoms. The van der Waals surface area contributed by atoms with Crippen LogP contribution in [0.3, 0.4) is 0 Å². The minimum absolute atomic E-state index is 0.00792. The monoisotopic (exact) mass is 402 g/mol. The van der Waals surface area contributed by atoms with Crippen LogP contribution < -0.4 is 10.6 Å². The first-order valence-electron chi connectivity index (χ1n) is 9.55. The lowest BCUT2D eigenvalue weighted by molar-refractivity contribution is 0.0944. The highest BCUT2D eigenvalue weighted by Gasteiger charge is 2.21. The molecule has 1 aromatic heterocycles. The number of urea groups is 1.